The van der Waals surface area contributed by atoms with Crippen LogP contribution in [0.2, 0.25) is 0 Å². The molecule has 2 aromatic carbocycles. The van der Waals surface area contributed by atoms with Crippen molar-refractivity contribution in [3.05, 3.63) is 95.7 Å². The van der Waals surface area contributed by atoms with Crippen molar-refractivity contribution in [2.24, 2.45) is 0 Å². The van der Waals surface area contributed by atoms with Crippen LogP contribution in [0.15, 0.2) is 73.2 Å². The van der Waals surface area contributed by atoms with Crippen molar-refractivity contribution < 1.29 is 14.0 Å². The molecule has 0 saturated heterocycles. The number of amides is 2. The van der Waals surface area contributed by atoms with E-state index in [2.05, 4.69) is 20.6 Å². The van der Waals surface area contributed by atoms with Gasteiger partial charge in [-0.05, 0) is 48.9 Å². The fourth-order valence-electron chi connectivity index (χ4n) is 3.71. The summed E-state index contributed by atoms with van der Waals surface area (Å²) in [7, 11) is 0. The van der Waals surface area contributed by atoms with Gasteiger partial charge >= 0.3 is 6.03 Å². The summed E-state index contributed by atoms with van der Waals surface area (Å²) in [5.41, 5.74) is 9.40. The van der Waals surface area contributed by atoms with Crippen LogP contribution in [0.4, 0.5) is 26.4 Å². The number of nitrogen functional groups attached to an aromatic ring is 1. The van der Waals surface area contributed by atoms with Crippen LogP contribution < -0.4 is 16.4 Å². The van der Waals surface area contributed by atoms with Crippen molar-refractivity contribution in [1.29, 1.82) is 0 Å². The average molecular weight is 454 g/mol. The van der Waals surface area contributed by atoms with Gasteiger partial charge < -0.3 is 20.9 Å². The number of fused-ring (bicyclic) bond motifs is 1. The zero-order chi connectivity index (χ0) is 23.8. The second kappa shape index (κ2) is 8.28. The summed E-state index contributed by atoms with van der Waals surface area (Å²) in [6.07, 6.45) is 8.71. The summed E-state index contributed by atoms with van der Waals surface area (Å²) in [4.78, 5) is 34.2. The van der Waals surface area contributed by atoms with Crippen LogP contribution >= 0.6 is 0 Å². The number of hydrogen-bond donors (Lipinski definition) is 3. The number of carbonyl (C=O) groups is 2. The number of benzene rings is 2. The predicted molar refractivity (Wildman–Crippen MR) is 129 cm³/mol. The van der Waals surface area contributed by atoms with Crippen molar-refractivity contribution in [2.45, 2.75) is 6.92 Å². The fraction of sp³-hybridized carbons (Fsp3) is 0.0400. The molecule has 5 rings (SSSR count). The van der Waals surface area contributed by atoms with Crippen molar-refractivity contribution in [2.75, 3.05) is 16.4 Å². The first kappa shape index (κ1) is 21.1. The van der Waals surface area contributed by atoms with E-state index in [1.165, 1.54) is 18.5 Å². The fourth-order valence-corrected chi connectivity index (χ4v) is 3.71. The van der Waals surface area contributed by atoms with Gasteiger partial charge in [-0.3, -0.25) is 4.79 Å². The molecule has 2 aromatic heterocycles. The molecule has 8 nitrogen and oxygen atoms in total. The molecular formula is C25H19FN6O2. The lowest BCUT2D eigenvalue weighted by molar-refractivity contribution is 0.104. The molecule has 4 aromatic rings. The number of rotatable bonds is 5. The topological polar surface area (TPSA) is 115 Å². The number of anilines is 3. The van der Waals surface area contributed by atoms with Crippen molar-refractivity contribution in [3.8, 4) is 0 Å². The van der Waals surface area contributed by atoms with E-state index in [0.717, 1.165) is 11.3 Å². The predicted octanol–water partition coefficient (Wildman–Crippen LogP) is 4.75. The number of aromatic nitrogens is 3. The number of nitrogens with two attached hydrogens (primary N) is 1. The Labute approximate surface area is 193 Å². The van der Waals surface area contributed by atoms with Crippen LogP contribution in [-0.4, -0.2) is 26.3 Å². The number of nitrogens with one attached hydrogen (secondary N) is 2. The molecule has 2 amide bonds. The first-order valence-corrected chi connectivity index (χ1v) is 10.4. The first-order chi connectivity index (χ1) is 16.4. The molecule has 0 unspecified atom stereocenters. The minimum Gasteiger partial charge on any atom is -0.383 e. The molecule has 9 heteroatoms. The van der Waals surface area contributed by atoms with Gasteiger partial charge in [-0.15, -0.1) is 0 Å². The smallest absolute Gasteiger partial charge is 0.323 e. The summed E-state index contributed by atoms with van der Waals surface area (Å²) in [6.45, 7) is 1.80. The van der Waals surface area contributed by atoms with Crippen LogP contribution in [0.1, 0.15) is 21.5 Å². The van der Waals surface area contributed by atoms with Gasteiger partial charge in [0.15, 0.2) is 11.4 Å². The molecule has 1 aliphatic carbocycles. The van der Waals surface area contributed by atoms with E-state index in [1.807, 2.05) is 18.2 Å². The average Bonchev–Trinajstić information content (AvgIpc) is 3.15. The number of carbonyl (C=O) groups excluding carboxylic acids is 2. The zero-order valence-electron chi connectivity index (χ0n) is 18.0. The maximum Gasteiger partial charge on any atom is 0.323 e. The second-order valence-electron chi connectivity index (χ2n) is 7.79. The van der Waals surface area contributed by atoms with E-state index in [4.69, 9.17) is 5.73 Å². The monoisotopic (exact) mass is 454 g/mol. The zero-order valence-corrected chi connectivity index (χ0v) is 18.0. The van der Waals surface area contributed by atoms with E-state index in [9.17, 15) is 14.0 Å². The third-order valence-electron chi connectivity index (χ3n) is 5.42. The van der Waals surface area contributed by atoms with E-state index < -0.39 is 11.8 Å². The molecule has 0 fully saturated rings. The molecule has 0 bridgehead atoms. The molecule has 34 heavy (non-hydrogen) atoms. The van der Waals surface area contributed by atoms with Crippen LogP contribution in [0, 0.1) is 12.7 Å². The molecule has 2 heterocycles. The Morgan fingerprint density at radius 3 is 2.68 bits per heavy atom. The summed E-state index contributed by atoms with van der Waals surface area (Å²) in [6, 6.07) is 10.2. The Morgan fingerprint density at radius 1 is 1.09 bits per heavy atom. The Bertz CT molecular complexity index is 1540. The summed E-state index contributed by atoms with van der Waals surface area (Å²) < 4.78 is 15.7. The molecule has 168 valence electrons. The van der Waals surface area contributed by atoms with E-state index >= 15 is 0 Å². The molecule has 1 aliphatic rings. The van der Waals surface area contributed by atoms with Crippen LogP contribution in [-0.2, 0) is 0 Å². The number of halogens is 1. The van der Waals surface area contributed by atoms with Gasteiger partial charge in [-0.25, -0.2) is 19.2 Å². The SMILES string of the molecule is Cc1ccc(F)c(NC(=O)Nc2cccc(C(=O)c3cn(C4=CC=C4)c4ncnc(N)c34)c2)c1. The maximum absolute atomic E-state index is 14.0. The van der Waals surface area contributed by atoms with Gasteiger partial charge in [-0.1, -0.05) is 24.3 Å². The third-order valence-corrected chi connectivity index (χ3v) is 5.42. The summed E-state index contributed by atoms with van der Waals surface area (Å²) in [5.74, 6) is -0.648. The lowest BCUT2D eigenvalue weighted by Crippen LogP contribution is -2.20. The quantitative estimate of drug-likeness (QED) is 0.377. The number of urea groups is 1. The number of hydrogen-bond acceptors (Lipinski definition) is 5. The number of nitrogens with zero attached hydrogens (tertiary/aromatic N) is 3. The van der Waals surface area contributed by atoms with Crippen molar-refractivity contribution in [3.63, 3.8) is 0 Å². The highest BCUT2D eigenvalue weighted by Crippen LogP contribution is 2.30. The molecular weight excluding hydrogens is 435 g/mol. The summed E-state index contributed by atoms with van der Waals surface area (Å²) >= 11 is 0. The highest BCUT2D eigenvalue weighted by molar-refractivity contribution is 6.19. The molecule has 0 spiro atoms. The summed E-state index contributed by atoms with van der Waals surface area (Å²) in [5, 5.41) is 5.57. The molecule has 4 N–H and O–H groups in total. The standard InChI is InChI=1S/C25H19FN6O2/c1-14-8-9-19(26)20(10-14)31-25(34)30-16-5-2-4-15(11-16)22(33)18-12-32(17-6-3-7-17)24-21(18)23(27)28-13-29-24/h2-13H,1H3,(H2,27,28,29)(H2,30,31,34). The second-order valence-corrected chi connectivity index (χ2v) is 7.79. The Morgan fingerprint density at radius 2 is 1.91 bits per heavy atom. The Balaban J connectivity index is 1.43. The Hall–Kier alpha value is -4.79. The van der Waals surface area contributed by atoms with Gasteiger partial charge in [0, 0.05) is 23.1 Å². The number of ketones is 1. The first-order valence-electron chi connectivity index (χ1n) is 10.4. The van der Waals surface area contributed by atoms with Gasteiger partial charge in [0.2, 0.25) is 0 Å². The largest absolute Gasteiger partial charge is 0.383 e. The van der Waals surface area contributed by atoms with E-state index in [0.29, 0.717) is 27.8 Å². The lowest BCUT2D eigenvalue weighted by Gasteiger charge is -2.10. The van der Waals surface area contributed by atoms with Gasteiger partial charge in [-0.2, -0.15) is 0 Å². The van der Waals surface area contributed by atoms with Crippen LogP contribution in [0.25, 0.3) is 16.7 Å². The van der Waals surface area contributed by atoms with E-state index in [-0.39, 0.29) is 17.3 Å². The minimum absolute atomic E-state index is 0.0624. The molecule has 0 radical (unpaired) electrons. The Kier molecular flexibility index (Phi) is 5.14. The highest BCUT2D eigenvalue weighted by atomic mass is 19.1. The lowest BCUT2D eigenvalue weighted by atomic mass is 10.0. The molecule has 0 atom stereocenters. The molecule has 0 saturated carbocycles. The third kappa shape index (κ3) is 3.79. The van der Waals surface area contributed by atoms with Crippen LogP contribution in [0.3, 0.4) is 0 Å². The van der Waals surface area contributed by atoms with Gasteiger partial charge in [0.25, 0.3) is 0 Å². The van der Waals surface area contributed by atoms with Crippen molar-refractivity contribution >= 4 is 45.7 Å². The normalized spacial score (nSPS) is 12.2. The van der Waals surface area contributed by atoms with Gasteiger partial charge in [0.1, 0.15) is 18.0 Å². The minimum atomic E-state index is -0.632. The number of allylic oxidation sites excluding steroid dienone is 4. The van der Waals surface area contributed by atoms with Crippen molar-refractivity contribution in [1.82, 2.24) is 14.5 Å². The highest BCUT2D eigenvalue weighted by Gasteiger charge is 2.22. The number of aryl methyl sites for hydroxylation is 1. The van der Waals surface area contributed by atoms with Crippen LogP contribution in [0.5, 0.6) is 0 Å². The molecule has 0 aliphatic heterocycles. The van der Waals surface area contributed by atoms with Gasteiger partial charge in [0.05, 0.1) is 16.6 Å². The van der Waals surface area contributed by atoms with E-state index in [1.54, 1.807) is 48.0 Å². The maximum atomic E-state index is 14.0.